The monoisotopic (exact) mass is 464 g/mol. The Labute approximate surface area is 197 Å². The van der Waals surface area contributed by atoms with Crippen LogP contribution in [0.5, 0.6) is 0 Å². The molecule has 4 rings (SSSR count). The van der Waals surface area contributed by atoms with Gasteiger partial charge in [-0.1, -0.05) is 24.3 Å². The Morgan fingerprint density at radius 2 is 1.97 bits per heavy atom. The number of carbonyl (C=O) groups excluding carboxylic acids is 2. The van der Waals surface area contributed by atoms with Crippen molar-refractivity contribution in [1.29, 1.82) is 0 Å². The summed E-state index contributed by atoms with van der Waals surface area (Å²) in [5.41, 5.74) is 2.87. The fraction of sp³-hybridized carbons (Fsp3) is 0.360. The van der Waals surface area contributed by atoms with Crippen molar-refractivity contribution in [1.82, 2.24) is 15.2 Å². The van der Waals surface area contributed by atoms with Crippen molar-refractivity contribution in [2.75, 3.05) is 6.54 Å². The first kappa shape index (κ1) is 23.3. The number of ether oxygens (including phenoxy) is 1. The number of aromatic nitrogens is 1. The summed E-state index contributed by atoms with van der Waals surface area (Å²) in [6, 6.07) is 11.7. The first-order valence-corrected chi connectivity index (χ1v) is 11.2. The number of alkyl carbamates (subject to hydrolysis) is 1. The number of nitrogens with one attached hydrogen (secondary N) is 2. The van der Waals surface area contributed by atoms with Gasteiger partial charge in [0, 0.05) is 48.7 Å². The molecule has 34 heavy (non-hydrogen) atoms. The Balaban J connectivity index is 1.58. The van der Waals surface area contributed by atoms with Gasteiger partial charge in [0.1, 0.15) is 11.6 Å². The molecule has 0 radical (unpaired) electrons. The highest BCUT2D eigenvalue weighted by atomic mass is 16.6. The Morgan fingerprint density at radius 1 is 1.21 bits per heavy atom. The number of fused-ring (bicyclic) bond motifs is 2. The van der Waals surface area contributed by atoms with E-state index in [4.69, 9.17) is 4.74 Å². The van der Waals surface area contributed by atoms with Gasteiger partial charge in [-0.25, -0.2) is 4.79 Å². The van der Waals surface area contributed by atoms with Gasteiger partial charge >= 0.3 is 6.09 Å². The highest BCUT2D eigenvalue weighted by molar-refractivity contribution is 5.88. The number of para-hydroxylation sites is 1. The normalized spacial score (nSPS) is 14.4. The molecule has 0 spiro atoms. The van der Waals surface area contributed by atoms with Crippen LogP contribution in [0.15, 0.2) is 48.7 Å². The fourth-order valence-electron chi connectivity index (χ4n) is 4.24. The number of nitro benzene ring substituents is 1. The Bertz CT molecular complexity index is 1240. The molecule has 2 N–H and O–H groups in total. The number of non-ortho nitro benzene ring substituents is 1. The molecule has 1 aliphatic heterocycles. The van der Waals surface area contributed by atoms with Crippen LogP contribution in [-0.4, -0.2) is 45.0 Å². The van der Waals surface area contributed by atoms with E-state index >= 15 is 0 Å². The lowest BCUT2D eigenvalue weighted by Gasteiger charge is -2.32. The minimum Gasteiger partial charge on any atom is -0.444 e. The topological polar surface area (TPSA) is 118 Å². The van der Waals surface area contributed by atoms with Crippen molar-refractivity contribution >= 4 is 28.6 Å². The quantitative estimate of drug-likeness (QED) is 0.435. The number of nitrogens with zero attached hydrogens (tertiary/aromatic N) is 2. The van der Waals surface area contributed by atoms with Crippen molar-refractivity contribution in [3.05, 3.63) is 75.5 Å². The summed E-state index contributed by atoms with van der Waals surface area (Å²) < 4.78 is 5.41. The highest BCUT2D eigenvalue weighted by Gasteiger charge is 2.31. The minimum absolute atomic E-state index is 0.00438. The molecule has 0 fully saturated rings. The van der Waals surface area contributed by atoms with Gasteiger partial charge in [-0.05, 0) is 49.9 Å². The molecule has 0 saturated carbocycles. The molecule has 2 heterocycles. The Morgan fingerprint density at radius 3 is 2.71 bits per heavy atom. The molecule has 9 nitrogen and oxygen atoms in total. The van der Waals surface area contributed by atoms with Gasteiger partial charge in [0.2, 0.25) is 5.91 Å². The maximum atomic E-state index is 13.6. The zero-order chi connectivity index (χ0) is 24.5. The van der Waals surface area contributed by atoms with E-state index in [-0.39, 0.29) is 24.6 Å². The number of H-pyrrole nitrogens is 1. The third kappa shape index (κ3) is 5.19. The first-order valence-electron chi connectivity index (χ1n) is 11.2. The molecule has 2 aromatic carbocycles. The molecule has 3 aromatic rings. The largest absolute Gasteiger partial charge is 0.444 e. The number of amides is 2. The first-order chi connectivity index (χ1) is 16.1. The summed E-state index contributed by atoms with van der Waals surface area (Å²) in [6.45, 7) is 5.99. The zero-order valence-corrected chi connectivity index (χ0v) is 19.5. The lowest BCUT2D eigenvalue weighted by molar-refractivity contribution is -0.385. The van der Waals surface area contributed by atoms with E-state index in [1.54, 1.807) is 31.7 Å². The SMILES string of the molecule is CC(C)(C)OC(=O)N[C@@H](Cc1c[nH]c2ccccc12)C(=O)N1CCc2ccc([N+](=O)[O-])cc2C1. The van der Waals surface area contributed by atoms with Crippen LogP contribution in [0.4, 0.5) is 10.5 Å². The smallest absolute Gasteiger partial charge is 0.408 e. The molecule has 9 heteroatoms. The fourth-order valence-corrected chi connectivity index (χ4v) is 4.24. The van der Waals surface area contributed by atoms with E-state index in [9.17, 15) is 19.7 Å². The predicted molar refractivity (Wildman–Crippen MR) is 127 cm³/mol. The van der Waals surface area contributed by atoms with Gasteiger partial charge in [-0.15, -0.1) is 0 Å². The van der Waals surface area contributed by atoms with Gasteiger partial charge < -0.3 is 19.9 Å². The molecular formula is C25H28N4O5. The number of benzene rings is 2. The lowest BCUT2D eigenvalue weighted by Crippen LogP contribution is -2.51. The van der Waals surface area contributed by atoms with E-state index in [2.05, 4.69) is 10.3 Å². The zero-order valence-electron chi connectivity index (χ0n) is 19.5. The van der Waals surface area contributed by atoms with E-state index in [1.165, 1.54) is 12.1 Å². The Hall–Kier alpha value is -3.88. The van der Waals surface area contributed by atoms with Gasteiger partial charge in [0.05, 0.1) is 4.92 Å². The number of hydrogen-bond acceptors (Lipinski definition) is 5. The van der Waals surface area contributed by atoms with Crippen LogP contribution in [0, 0.1) is 10.1 Å². The molecule has 0 unspecified atom stereocenters. The lowest BCUT2D eigenvalue weighted by atomic mass is 9.97. The van der Waals surface area contributed by atoms with Gasteiger partial charge in [-0.2, -0.15) is 0 Å². The third-order valence-electron chi connectivity index (χ3n) is 5.81. The molecule has 2 amide bonds. The molecule has 1 aromatic heterocycles. The summed E-state index contributed by atoms with van der Waals surface area (Å²) in [6.07, 6.45) is 2.04. The molecular weight excluding hydrogens is 436 g/mol. The summed E-state index contributed by atoms with van der Waals surface area (Å²) in [5, 5.41) is 14.9. The molecule has 178 valence electrons. The van der Waals surface area contributed by atoms with Crippen molar-refractivity contribution in [2.45, 2.75) is 51.8 Å². The molecule has 0 saturated heterocycles. The van der Waals surface area contributed by atoms with E-state index < -0.39 is 22.7 Å². The molecule has 1 atom stereocenters. The standard InChI is InChI=1S/C25H28N4O5/c1-25(2,3)34-24(31)27-22(13-17-14-26-21-7-5-4-6-20(17)21)23(30)28-11-10-16-8-9-19(29(32)33)12-18(16)15-28/h4-9,12,14,22,26H,10-11,13,15H2,1-3H3,(H,27,31)/t22-/m0/s1. The van der Waals surface area contributed by atoms with Gasteiger partial charge in [0.25, 0.3) is 5.69 Å². The summed E-state index contributed by atoms with van der Waals surface area (Å²) in [7, 11) is 0. The molecule has 0 bridgehead atoms. The minimum atomic E-state index is -0.852. The summed E-state index contributed by atoms with van der Waals surface area (Å²) in [4.78, 5) is 41.8. The van der Waals surface area contributed by atoms with Gasteiger partial charge in [0.15, 0.2) is 0 Å². The van der Waals surface area contributed by atoms with Crippen molar-refractivity contribution in [2.24, 2.45) is 0 Å². The highest BCUT2D eigenvalue weighted by Crippen LogP contribution is 2.25. The summed E-state index contributed by atoms with van der Waals surface area (Å²) in [5.74, 6) is -0.256. The molecule has 0 aliphatic carbocycles. The van der Waals surface area contributed by atoms with Crippen molar-refractivity contribution in [3.63, 3.8) is 0 Å². The average molecular weight is 465 g/mol. The van der Waals surface area contributed by atoms with Crippen molar-refractivity contribution < 1.29 is 19.2 Å². The van der Waals surface area contributed by atoms with Gasteiger partial charge in [-0.3, -0.25) is 14.9 Å². The van der Waals surface area contributed by atoms with E-state index in [0.717, 1.165) is 27.6 Å². The van der Waals surface area contributed by atoms with Crippen LogP contribution in [0.2, 0.25) is 0 Å². The Kier molecular flexibility index (Phi) is 6.28. The molecule has 1 aliphatic rings. The average Bonchev–Trinajstić information content (AvgIpc) is 3.19. The number of carbonyl (C=O) groups is 2. The second-order valence-corrected chi connectivity index (χ2v) is 9.48. The second kappa shape index (κ2) is 9.17. The number of hydrogen-bond donors (Lipinski definition) is 2. The van der Waals surface area contributed by atoms with Crippen LogP contribution < -0.4 is 5.32 Å². The number of aromatic amines is 1. The van der Waals surface area contributed by atoms with E-state index in [1.807, 2.05) is 30.5 Å². The van der Waals surface area contributed by atoms with Crippen LogP contribution in [-0.2, 0) is 28.9 Å². The predicted octanol–water partition coefficient (Wildman–Crippen LogP) is 4.10. The van der Waals surface area contributed by atoms with Crippen LogP contribution in [0.25, 0.3) is 10.9 Å². The third-order valence-corrected chi connectivity index (χ3v) is 5.81. The van der Waals surface area contributed by atoms with Crippen molar-refractivity contribution in [3.8, 4) is 0 Å². The maximum Gasteiger partial charge on any atom is 0.408 e. The van der Waals surface area contributed by atoms with Crippen LogP contribution in [0.1, 0.15) is 37.5 Å². The van der Waals surface area contributed by atoms with E-state index in [0.29, 0.717) is 13.0 Å². The second-order valence-electron chi connectivity index (χ2n) is 9.48. The van der Waals surface area contributed by atoms with Crippen LogP contribution in [0.3, 0.4) is 0 Å². The van der Waals surface area contributed by atoms with Crippen LogP contribution >= 0.6 is 0 Å². The maximum absolute atomic E-state index is 13.6. The number of nitro groups is 1. The number of rotatable bonds is 5. The summed E-state index contributed by atoms with van der Waals surface area (Å²) >= 11 is 0.